The first-order chi connectivity index (χ1) is 14.4. The van der Waals surface area contributed by atoms with Crippen molar-refractivity contribution in [3.05, 3.63) is 41.6 Å². The Morgan fingerprint density at radius 3 is 2.70 bits per heavy atom. The number of hydrogen-bond acceptors (Lipinski definition) is 6. The number of halogens is 1. The first kappa shape index (κ1) is 20.9. The van der Waals surface area contributed by atoms with Gasteiger partial charge >= 0.3 is 0 Å². The third-order valence-corrected chi connectivity index (χ3v) is 7.18. The minimum atomic E-state index is -3.77. The van der Waals surface area contributed by atoms with E-state index in [9.17, 15) is 13.2 Å². The molecule has 1 fully saturated rings. The summed E-state index contributed by atoms with van der Waals surface area (Å²) in [6.45, 7) is 1.47. The van der Waals surface area contributed by atoms with E-state index in [4.69, 9.17) is 21.1 Å². The van der Waals surface area contributed by atoms with Crippen molar-refractivity contribution in [2.24, 2.45) is 5.92 Å². The fourth-order valence-corrected chi connectivity index (χ4v) is 5.16. The Labute approximate surface area is 180 Å². The van der Waals surface area contributed by atoms with Crippen molar-refractivity contribution in [1.82, 2.24) is 9.29 Å². The van der Waals surface area contributed by atoms with Gasteiger partial charge in [0.2, 0.25) is 15.9 Å². The van der Waals surface area contributed by atoms with Crippen LogP contribution >= 0.6 is 11.6 Å². The van der Waals surface area contributed by atoms with Gasteiger partial charge in [-0.25, -0.2) is 13.4 Å². The fraction of sp³-hybridized carbons (Fsp3) is 0.400. The number of fused-ring (bicyclic) bond motifs is 1. The van der Waals surface area contributed by atoms with Crippen LogP contribution in [0.5, 0.6) is 11.5 Å². The van der Waals surface area contributed by atoms with Gasteiger partial charge in [-0.15, -0.1) is 0 Å². The van der Waals surface area contributed by atoms with E-state index in [1.54, 1.807) is 18.2 Å². The summed E-state index contributed by atoms with van der Waals surface area (Å²) in [6.07, 6.45) is 3.38. The van der Waals surface area contributed by atoms with Crippen molar-refractivity contribution < 1.29 is 22.7 Å². The smallest absolute Gasteiger partial charge is 0.243 e. The molecule has 160 valence electrons. The van der Waals surface area contributed by atoms with Gasteiger partial charge in [-0.3, -0.25) is 4.79 Å². The molecular weight excluding hydrogens is 430 g/mol. The third kappa shape index (κ3) is 4.53. The summed E-state index contributed by atoms with van der Waals surface area (Å²) in [6, 6.07) is 7.87. The zero-order chi connectivity index (χ0) is 21.1. The SMILES string of the molecule is O=C(Nc1ccc(Cl)cn1)[C@H]1CCCN(S(=O)(=O)c2ccc3c(c2)OCCCO3)C1. The number of piperidine rings is 1. The number of ether oxygens (including phenoxy) is 2. The summed E-state index contributed by atoms with van der Waals surface area (Å²) in [5.74, 6) is 0.619. The Hall–Kier alpha value is -2.36. The molecule has 2 aliphatic heterocycles. The predicted molar refractivity (Wildman–Crippen MR) is 111 cm³/mol. The van der Waals surface area contributed by atoms with Crippen LogP contribution in [0.25, 0.3) is 0 Å². The highest BCUT2D eigenvalue weighted by Gasteiger charge is 2.34. The van der Waals surface area contributed by atoms with Crippen LogP contribution in [-0.2, 0) is 14.8 Å². The summed E-state index contributed by atoms with van der Waals surface area (Å²) >= 11 is 5.81. The number of nitrogens with zero attached hydrogens (tertiary/aromatic N) is 2. The Morgan fingerprint density at radius 1 is 1.13 bits per heavy atom. The van der Waals surface area contributed by atoms with Crippen molar-refractivity contribution in [3.8, 4) is 11.5 Å². The standard InChI is InChI=1S/C20H22ClN3O5S/c21-15-4-7-19(22-12-15)23-20(25)14-3-1-8-24(13-14)30(26,27)16-5-6-17-18(11-16)29-10-2-9-28-17/h4-7,11-12,14H,1-3,8-10,13H2,(H,22,23,25)/t14-/m0/s1. The third-order valence-electron chi connectivity index (χ3n) is 5.09. The molecule has 0 aliphatic carbocycles. The number of rotatable bonds is 4. The predicted octanol–water partition coefficient (Wildman–Crippen LogP) is 2.94. The maximum absolute atomic E-state index is 13.2. The molecule has 1 aromatic carbocycles. The molecule has 3 heterocycles. The van der Waals surface area contributed by atoms with Crippen LogP contribution in [0.4, 0.5) is 5.82 Å². The molecule has 2 aliphatic rings. The van der Waals surface area contributed by atoms with Gasteiger partial charge in [0.1, 0.15) is 5.82 Å². The summed E-state index contributed by atoms with van der Waals surface area (Å²) < 4.78 is 38.9. The Morgan fingerprint density at radius 2 is 1.93 bits per heavy atom. The van der Waals surface area contributed by atoms with Crippen LogP contribution in [0.15, 0.2) is 41.4 Å². The highest BCUT2D eigenvalue weighted by atomic mass is 35.5. The molecule has 0 saturated carbocycles. The number of hydrogen-bond donors (Lipinski definition) is 1. The van der Waals surface area contributed by atoms with Gasteiger partial charge in [-0.2, -0.15) is 4.31 Å². The molecule has 4 rings (SSSR count). The van der Waals surface area contributed by atoms with E-state index < -0.39 is 15.9 Å². The molecule has 1 amide bonds. The second-order valence-corrected chi connectivity index (χ2v) is 9.59. The summed E-state index contributed by atoms with van der Waals surface area (Å²) in [5.41, 5.74) is 0. The number of carbonyl (C=O) groups is 1. The molecule has 30 heavy (non-hydrogen) atoms. The number of benzene rings is 1. The summed E-state index contributed by atoms with van der Waals surface area (Å²) in [5, 5.41) is 3.20. The van der Waals surface area contributed by atoms with Crippen LogP contribution in [0.3, 0.4) is 0 Å². The summed E-state index contributed by atoms with van der Waals surface area (Å²) in [7, 11) is -3.77. The molecule has 8 nitrogen and oxygen atoms in total. The minimum Gasteiger partial charge on any atom is -0.490 e. The molecule has 0 spiro atoms. The van der Waals surface area contributed by atoms with Crippen molar-refractivity contribution in [2.75, 3.05) is 31.6 Å². The molecule has 0 bridgehead atoms. The van der Waals surface area contributed by atoms with Crippen molar-refractivity contribution in [1.29, 1.82) is 0 Å². The number of sulfonamides is 1. The molecule has 0 unspecified atom stereocenters. The Balaban J connectivity index is 1.48. The van der Waals surface area contributed by atoms with Gasteiger partial charge in [0, 0.05) is 31.8 Å². The monoisotopic (exact) mass is 451 g/mol. The van der Waals surface area contributed by atoms with Crippen molar-refractivity contribution >= 4 is 33.3 Å². The second-order valence-electron chi connectivity index (χ2n) is 7.21. The number of nitrogens with one attached hydrogen (secondary N) is 1. The van der Waals surface area contributed by atoms with E-state index in [2.05, 4.69) is 10.3 Å². The van der Waals surface area contributed by atoms with E-state index in [1.807, 2.05) is 0 Å². The lowest BCUT2D eigenvalue weighted by atomic mass is 9.99. The molecule has 1 atom stereocenters. The minimum absolute atomic E-state index is 0.107. The topological polar surface area (TPSA) is 97.8 Å². The molecule has 1 N–H and O–H groups in total. The van der Waals surface area contributed by atoms with E-state index >= 15 is 0 Å². The van der Waals surface area contributed by atoms with Crippen molar-refractivity contribution in [3.63, 3.8) is 0 Å². The Bertz CT molecular complexity index is 1030. The van der Waals surface area contributed by atoms with E-state index in [1.165, 1.54) is 22.6 Å². The second kappa shape index (κ2) is 8.79. The first-order valence-corrected chi connectivity index (χ1v) is 11.6. The quantitative estimate of drug-likeness (QED) is 0.767. The molecule has 1 saturated heterocycles. The van der Waals surface area contributed by atoms with Crippen LogP contribution in [0.2, 0.25) is 5.02 Å². The van der Waals surface area contributed by atoms with Gasteiger partial charge in [0.25, 0.3) is 0 Å². The van der Waals surface area contributed by atoms with Crippen LogP contribution in [-0.4, -0.2) is 49.9 Å². The van der Waals surface area contributed by atoms with Gasteiger partial charge < -0.3 is 14.8 Å². The first-order valence-electron chi connectivity index (χ1n) is 9.76. The van der Waals surface area contributed by atoms with Crippen molar-refractivity contribution in [2.45, 2.75) is 24.2 Å². The molecule has 10 heteroatoms. The maximum atomic E-state index is 13.2. The zero-order valence-corrected chi connectivity index (χ0v) is 17.8. The maximum Gasteiger partial charge on any atom is 0.243 e. The normalized spacial score (nSPS) is 19.7. The van der Waals surface area contributed by atoms with E-state index in [-0.39, 0.29) is 17.3 Å². The lowest BCUT2D eigenvalue weighted by Gasteiger charge is -2.31. The van der Waals surface area contributed by atoms with Crippen LogP contribution in [0, 0.1) is 5.92 Å². The van der Waals surface area contributed by atoms with Crippen LogP contribution in [0.1, 0.15) is 19.3 Å². The van der Waals surface area contributed by atoms with Gasteiger partial charge in [-0.05, 0) is 37.1 Å². The van der Waals surface area contributed by atoms with Gasteiger partial charge in [-0.1, -0.05) is 11.6 Å². The molecule has 0 radical (unpaired) electrons. The highest BCUT2D eigenvalue weighted by Crippen LogP contribution is 2.34. The average molecular weight is 452 g/mol. The van der Waals surface area contributed by atoms with Gasteiger partial charge in [0.05, 0.1) is 29.0 Å². The number of amides is 1. The number of pyridine rings is 1. The number of anilines is 1. The van der Waals surface area contributed by atoms with E-state index in [0.717, 1.165) is 6.42 Å². The number of aromatic nitrogens is 1. The Kier molecular flexibility index (Phi) is 6.12. The summed E-state index contributed by atoms with van der Waals surface area (Å²) in [4.78, 5) is 16.8. The molecule has 2 aromatic rings. The van der Waals surface area contributed by atoms with Crippen LogP contribution < -0.4 is 14.8 Å². The van der Waals surface area contributed by atoms with E-state index in [0.29, 0.717) is 54.9 Å². The molecule has 1 aromatic heterocycles. The fourth-order valence-electron chi connectivity index (χ4n) is 3.51. The molecular formula is C20H22ClN3O5S. The lowest BCUT2D eigenvalue weighted by Crippen LogP contribution is -2.43. The number of carbonyl (C=O) groups excluding carboxylic acids is 1. The van der Waals surface area contributed by atoms with Gasteiger partial charge in [0.15, 0.2) is 11.5 Å². The largest absolute Gasteiger partial charge is 0.490 e. The lowest BCUT2D eigenvalue weighted by molar-refractivity contribution is -0.120. The zero-order valence-electron chi connectivity index (χ0n) is 16.2. The average Bonchev–Trinajstić information content (AvgIpc) is 3.00. The highest BCUT2D eigenvalue weighted by molar-refractivity contribution is 7.89.